The summed E-state index contributed by atoms with van der Waals surface area (Å²) in [5, 5.41) is 11.4. The zero-order chi connectivity index (χ0) is 17.7. The zero-order valence-electron chi connectivity index (χ0n) is 14.6. The minimum atomic E-state index is -3.16. The zero-order valence-corrected chi connectivity index (χ0v) is 16.2. The molecule has 2 fully saturated rings. The number of piperidine rings is 1. The Hall–Kier alpha value is -0.600. The van der Waals surface area contributed by atoms with Gasteiger partial charge in [0.2, 0.25) is 10.0 Å². The fourth-order valence-electron chi connectivity index (χ4n) is 4.87. The monoisotopic (exact) mass is 382 g/mol. The van der Waals surface area contributed by atoms with E-state index in [0.29, 0.717) is 25.9 Å². The summed E-state index contributed by atoms with van der Waals surface area (Å²) in [6.45, 7) is 3.00. The number of nitrogens with zero attached hydrogens (tertiary/aromatic N) is 2. The lowest BCUT2D eigenvalue weighted by molar-refractivity contribution is -0.00514. The molecule has 2 heterocycles. The van der Waals surface area contributed by atoms with Crippen LogP contribution in [0.2, 0.25) is 0 Å². The number of aliphatic hydroxyl groups excluding tert-OH is 1. The molecule has 0 bridgehead atoms. The molecule has 1 aromatic carbocycles. The fraction of sp³-hybridized carbons (Fsp3) is 0.667. The number of sulfonamides is 1. The second-order valence-corrected chi connectivity index (χ2v) is 10.7. The summed E-state index contributed by atoms with van der Waals surface area (Å²) >= 11 is 1.97. The second-order valence-electron chi connectivity index (χ2n) is 7.44. The van der Waals surface area contributed by atoms with Crippen molar-refractivity contribution in [2.45, 2.75) is 30.4 Å². The number of hydrogen-bond acceptors (Lipinski definition) is 5. The predicted octanol–water partition coefficient (Wildman–Crippen LogP) is 1.44. The van der Waals surface area contributed by atoms with E-state index >= 15 is 0 Å². The first-order chi connectivity index (χ1) is 11.9. The van der Waals surface area contributed by atoms with E-state index < -0.39 is 16.1 Å². The average Bonchev–Trinajstić information content (AvgIpc) is 2.84. The van der Waals surface area contributed by atoms with E-state index in [-0.39, 0.29) is 11.5 Å². The highest BCUT2D eigenvalue weighted by molar-refractivity contribution is 7.99. The number of benzene rings is 1. The molecule has 2 saturated heterocycles. The van der Waals surface area contributed by atoms with E-state index in [4.69, 9.17) is 0 Å². The van der Waals surface area contributed by atoms with Crippen LogP contribution < -0.4 is 0 Å². The molecule has 1 N–H and O–H groups in total. The van der Waals surface area contributed by atoms with Crippen molar-refractivity contribution in [2.24, 2.45) is 0 Å². The molecule has 4 rings (SSSR count). The van der Waals surface area contributed by atoms with Crippen molar-refractivity contribution in [3.05, 3.63) is 35.4 Å². The average molecular weight is 383 g/mol. The normalized spacial score (nSPS) is 30.5. The molecule has 1 spiro atoms. The van der Waals surface area contributed by atoms with Crippen molar-refractivity contribution in [3.63, 3.8) is 0 Å². The Labute approximate surface area is 154 Å². The topological polar surface area (TPSA) is 60.9 Å². The van der Waals surface area contributed by atoms with Gasteiger partial charge in [-0.15, -0.1) is 0 Å². The van der Waals surface area contributed by atoms with Gasteiger partial charge in [0.05, 0.1) is 18.4 Å². The number of hydrogen-bond donors (Lipinski definition) is 1. The molecular formula is C18H26N2O3S2. The quantitative estimate of drug-likeness (QED) is 0.839. The van der Waals surface area contributed by atoms with Crippen LogP contribution in [-0.2, 0) is 15.4 Å². The molecule has 0 saturated carbocycles. The highest BCUT2D eigenvalue weighted by atomic mass is 32.2. The molecule has 138 valence electrons. The van der Waals surface area contributed by atoms with E-state index in [1.165, 1.54) is 17.4 Å². The summed E-state index contributed by atoms with van der Waals surface area (Å²) in [6.07, 6.45) is 2.20. The highest BCUT2D eigenvalue weighted by Crippen LogP contribution is 2.53. The minimum Gasteiger partial charge on any atom is -0.390 e. The molecule has 0 unspecified atom stereocenters. The van der Waals surface area contributed by atoms with Crippen LogP contribution in [0.4, 0.5) is 0 Å². The Kier molecular flexibility index (Phi) is 4.65. The number of aliphatic hydroxyl groups is 1. The summed E-state index contributed by atoms with van der Waals surface area (Å²) in [5.41, 5.74) is 2.17. The third kappa shape index (κ3) is 2.94. The van der Waals surface area contributed by atoms with E-state index in [2.05, 4.69) is 23.1 Å². The van der Waals surface area contributed by atoms with Gasteiger partial charge >= 0.3 is 0 Å². The number of rotatable bonds is 2. The third-order valence-corrected chi connectivity index (χ3v) is 8.45. The standard InChI is InChI=1S/C18H26N2O3S2/c1-25(22,23)20-8-6-18(7-9-20)15-5-3-2-4-14(15)16(17(18)21)19-10-12-24-13-11-19/h2-5,16-17,21H,6-13H2,1H3/t16-,17+/m1/s1. The molecule has 25 heavy (non-hydrogen) atoms. The van der Waals surface area contributed by atoms with Crippen molar-refractivity contribution in [3.8, 4) is 0 Å². The van der Waals surface area contributed by atoms with Gasteiger partial charge in [-0.25, -0.2) is 12.7 Å². The van der Waals surface area contributed by atoms with Gasteiger partial charge in [0, 0.05) is 43.1 Å². The minimum absolute atomic E-state index is 0.0434. The van der Waals surface area contributed by atoms with Gasteiger partial charge in [-0.05, 0) is 24.0 Å². The maximum Gasteiger partial charge on any atom is 0.211 e. The van der Waals surface area contributed by atoms with Crippen LogP contribution >= 0.6 is 11.8 Å². The Morgan fingerprint density at radius 3 is 2.40 bits per heavy atom. The van der Waals surface area contributed by atoms with Crippen molar-refractivity contribution in [2.75, 3.05) is 43.9 Å². The molecule has 0 radical (unpaired) electrons. The summed E-state index contributed by atoms with van der Waals surface area (Å²) in [4.78, 5) is 2.43. The van der Waals surface area contributed by atoms with Gasteiger partial charge in [-0.1, -0.05) is 24.3 Å². The van der Waals surface area contributed by atoms with Crippen molar-refractivity contribution >= 4 is 21.8 Å². The predicted molar refractivity (Wildman–Crippen MR) is 101 cm³/mol. The van der Waals surface area contributed by atoms with E-state index in [1.807, 2.05) is 17.8 Å². The first kappa shape index (κ1) is 17.8. The van der Waals surface area contributed by atoms with E-state index in [1.54, 1.807) is 4.31 Å². The molecule has 3 aliphatic rings. The number of thioether (sulfide) groups is 1. The number of fused-ring (bicyclic) bond motifs is 2. The summed E-state index contributed by atoms with van der Waals surface area (Å²) < 4.78 is 25.3. The maximum absolute atomic E-state index is 11.9. The van der Waals surface area contributed by atoms with E-state index in [0.717, 1.165) is 24.6 Å². The van der Waals surface area contributed by atoms with Crippen LogP contribution in [0.3, 0.4) is 0 Å². The molecule has 5 nitrogen and oxygen atoms in total. The molecule has 0 aromatic heterocycles. The van der Waals surface area contributed by atoms with Crippen LogP contribution in [0.15, 0.2) is 24.3 Å². The SMILES string of the molecule is CS(=O)(=O)N1CCC2(CC1)c1ccccc1[C@@H](N1CCSCC1)[C@@H]2O. The van der Waals surface area contributed by atoms with Crippen LogP contribution in [0.5, 0.6) is 0 Å². The molecule has 1 aliphatic carbocycles. The van der Waals surface area contributed by atoms with Gasteiger partial charge < -0.3 is 5.11 Å². The van der Waals surface area contributed by atoms with Crippen molar-refractivity contribution in [1.29, 1.82) is 0 Å². The van der Waals surface area contributed by atoms with Gasteiger partial charge in [0.15, 0.2) is 0 Å². The first-order valence-corrected chi connectivity index (χ1v) is 12.0. The van der Waals surface area contributed by atoms with Crippen LogP contribution in [-0.4, -0.2) is 72.8 Å². The van der Waals surface area contributed by atoms with Crippen molar-refractivity contribution < 1.29 is 13.5 Å². The van der Waals surface area contributed by atoms with Gasteiger partial charge in [-0.3, -0.25) is 4.90 Å². The molecule has 0 amide bonds. The Bertz CT molecular complexity index is 738. The lowest BCUT2D eigenvalue weighted by Crippen LogP contribution is -2.51. The largest absolute Gasteiger partial charge is 0.390 e. The fourth-order valence-corrected chi connectivity index (χ4v) is 6.65. The van der Waals surface area contributed by atoms with Gasteiger partial charge in [-0.2, -0.15) is 11.8 Å². The molecule has 7 heteroatoms. The summed E-state index contributed by atoms with van der Waals surface area (Å²) in [7, 11) is -3.16. The summed E-state index contributed by atoms with van der Waals surface area (Å²) in [6, 6.07) is 8.45. The second kappa shape index (κ2) is 6.53. The molecule has 2 atom stereocenters. The van der Waals surface area contributed by atoms with Gasteiger partial charge in [0.1, 0.15) is 0 Å². The van der Waals surface area contributed by atoms with E-state index in [9.17, 15) is 13.5 Å². The van der Waals surface area contributed by atoms with Gasteiger partial charge in [0.25, 0.3) is 0 Å². The Morgan fingerprint density at radius 2 is 1.76 bits per heavy atom. The van der Waals surface area contributed by atoms with Crippen LogP contribution in [0, 0.1) is 0 Å². The summed E-state index contributed by atoms with van der Waals surface area (Å²) in [5.74, 6) is 2.22. The van der Waals surface area contributed by atoms with Crippen LogP contribution in [0.1, 0.15) is 30.0 Å². The molecule has 2 aliphatic heterocycles. The molecular weight excluding hydrogens is 356 g/mol. The highest BCUT2D eigenvalue weighted by Gasteiger charge is 2.54. The Morgan fingerprint density at radius 1 is 1.12 bits per heavy atom. The Balaban J connectivity index is 1.68. The van der Waals surface area contributed by atoms with Crippen molar-refractivity contribution in [1.82, 2.24) is 9.21 Å². The van der Waals surface area contributed by atoms with Crippen LogP contribution in [0.25, 0.3) is 0 Å². The third-order valence-electron chi connectivity index (χ3n) is 6.20. The lowest BCUT2D eigenvalue weighted by Gasteiger charge is -2.43. The first-order valence-electron chi connectivity index (χ1n) is 8.98. The smallest absolute Gasteiger partial charge is 0.211 e. The molecule has 1 aromatic rings. The maximum atomic E-state index is 11.9. The lowest BCUT2D eigenvalue weighted by atomic mass is 9.72.